The highest BCUT2D eigenvalue weighted by Gasteiger charge is 2.06. The number of rotatable bonds is 0. The second-order valence-corrected chi connectivity index (χ2v) is 2.50. The van der Waals surface area contributed by atoms with E-state index in [0.717, 1.165) is 6.54 Å². The lowest BCUT2D eigenvalue weighted by atomic mass is 10.1. The van der Waals surface area contributed by atoms with Crippen molar-refractivity contribution < 1.29 is 0 Å². The maximum Gasteiger partial charge on any atom is 0.0492 e. The Bertz CT molecular complexity index is 183. The Balaban J connectivity index is 0.000000322. The summed E-state index contributed by atoms with van der Waals surface area (Å²) in [5, 5.41) is 4.17. The van der Waals surface area contributed by atoms with Gasteiger partial charge in [0.1, 0.15) is 0 Å². The fraction of sp³-hybridized carbons (Fsp3) is 0.727. The molecule has 2 heteroatoms. The zero-order chi connectivity index (χ0) is 10.1. The molecule has 0 saturated carbocycles. The molecule has 2 rings (SSSR count). The van der Waals surface area contributed by atoms with E-state index < -0.39 is 0 Å². The molecule has 0 spiro atoms. The normalized spacial score (nSPS) is 12.9. The summed E-state index contributed by atoms with van der Waals surface area (Å²) in [5.74, 6) is 0. The van der Waals surface area contributed by atoms with Gasteiger partial charge in [0.05, 0.1) is 0 Å². The van der Waals surface area contributed by atoms with Crippen LogP contribution in [-0.4, -0.2) is 9.78 Å². The van der Waals surface area contributed by atoms with Gasteiger partial charge in [-0.05, 0) is 25.3 Å². The third-order valence-electron chi connectivity index (χ3n) is 1.86. The highest BCUT2D eigenvalue weighted by Crippen LogP contribution is 2.11. The highest BCUT2D eigenvalue weighted by molar-refractivity contribution is 5.02. The number of nitrogens with zero attached hydrogens (tertiary/aromatic N) is 2. The molecule has 1 aromatic heterocycles. The standard InChI is InChI=1S/C7H10N2.2C2H6/c1-2-6-9-7(3-1)4-5-8-9;2*1-2/h4-5H,1-3,6H2;2*1-2H3. The molecule has 0 atom stereocenters. The summed E-state index contributed by atoms with van der Waals surface area (Å²) in [4.78, 5) is 0. The molecule has 0 N–H and O–H groups in total. The maximum absolute atomic E-state index is 4.17. The highest BCUT2D eigenvalue weighted by atomic mass is 15.3. The first-order chi connectivity index (χ1) is 6.47. The van der Waals surface area contributed by atoms with E-state index in [1.165, 1.54) is 25.0 Å². The van der Waals surface area contributed by atoms with Crippen molar-refractivity contribution in [3.05, 3.63) is 18.0 Å². The minimum atomic E-state index is 1.13. The van der Waals surface area contributed by atoms with Crippen molar-refractivity contribution >= 4 is 0 Å². The van der Waals surface area contributed by atoms with Crippen LogP contribution >= 0.6 is 0 Å². The molecule has 76 valence electrons. The van der Waals surface area contributed by atoms with Crippen molar-refractivity contribution in [2.24, 2.45) is 0 Å². The van der Waals surface area contributed by atoms with Crippen molar-refractivity contribution in [2.45, 2.75) is 53.5 Å². The number of hydrogen-bond acceptors (Lipinski definition) is 1. The van der Waals surface area contributed by atoms with Gasteiger partial charge in [-0.1, -0.05) is 27.7 Å². The minimum Gasteiger partial charge on any atom is -0.270 e. The van der Waals surface area contributed by atoms with Gasteiger partial charge in [-0.2, -0.15) is 5.10 Å². The van der Waals surface area contributed by atoms with E-state index in [0.29, 0.717) is 0 Å². The number of hydrogen-bond donors (Lipinski definition) is 0. The van der Waals surface area contributed by atoms with E-state index in [9.17, 15) is 0 Å². The molecular formula is C11H22N2. The fourth-order valence-corrected chi connectivity index (χ4v) is 1.34. The second-order valence-electron chi connectivity index (χ2n) is 2.50. The Labute approximate surface area is 82.0 Å². The van der Waals surface area contributed by atoms with Crippen molar-refractivity contribution in [2.75, 3.05) is 0 Å². The second kappa shape index (κ2) is 7.84. The van der Waals surface area contributed by atoms with Crippen LogP contribution in [0.4, 0.5) is 0 Å². The largest absolute Gasteiger partial charge is 0.270 e. The number of fused-ring (bicyclic) bond motifs is 1. The van der Waals surface area contributed by atoms with Crippen molar-refractivity contribution in [3.63, 3.8) is 0 Å². The summed E-state index contributed by atoms with van der Waals surface area (Å²) in [5.41, 5.74) is 1.40. The topological polar surface area (TPSA) is 17.8 Å². The van der Waals surface area contributed by atoms with Gasteiger partial charge in [-0.25, -0.2) is 0 Å². The smallest absolute Gasteiger partial charge is 0.0492 e. The molecule has 0 amide bonds. The molecule has 1 aromatic rings. The Morgan fingerprint density at radius 1 is 1.15 bits per heavy atom. The van der Waals surface area contributed by atoms with E-state index in [-0.39, 0.29) is 0 Å². The molecule has 0 unspecified atom stereocenters. The van der Waals surface area contributed by atoms with Gasteiger partial charge in [0, 0.05) is 18.4 Å². The summed E-state index contributed by atoms with van der Waals surface area (Å²) in [7, 11) is 0. The first kappa shape index (κ1) is 12.2. The molecule has 1 aliphatic rings. The summed E-state index contributed by atoms with van der Waals surface area (Å²) < 4.78 is 2.10. The fourth-order valence-electron chi connectivity index (χ4n) is 1.34. The van der Waals surface area contributed by atoms with Crippen LogP contribution in [0.15, 0.2) is 12.3 Å². The third kappa shape index (κ3) is 3.62. The zero-order valence-electron chi connectivity index (χ0n) is 9.38. The lowest BCUT2D eigenvalue weighted by Gasteiger charge is -2.11. The molecule has 2 nitrogen and oxygen atoms in total. The van der Waals surface area contributed by atoms with Crippen LogP contribution in [0, 0.1) is 0 Å². The molecule has 0 aliphatic carbocycles. The van der Waals surface area contributed by atoms with Crippen molar-refractivity contribution in [3.8, 4) is 0 Å². The van der Waals surface area contributed by atoms with Crippen LogP contribution in [0.3, 0.4) is 0 Å². The lowest BCUT2D eigenvalue weighted by Crippen LogP contribution is -2.10. The minimum absolute atomic E-state index is 1.13. The van der Waals surface area contributed by atoms with Gasteiger partial charge in [-0.15, -0.1) is 0 Å². The summed E-state index contributed by atoms with van der Waals surface area (Å²) in [6.45, 7) is 9.13. The Kier molecular flexibility index (Phi) is 7.36. The van der Waals surface area contributed by atoms with E-state index in [2.05, 4.69) is 15.8 Å². The maximum atomic E-state index is 4.17. The average molecular weight is 182 g/mol. The molecule has 1 aliphatic heterocycles. The van der Waals surface area contributed by atoms with E-state index in [1.54, 1.807) is 0 Å². The summed E-state index contributed by atoms with van der Waals surface area (Å²) >= 11 is 0. The van der Waals surface area contributed by atoms with Crippen LogP contribution < -0.4 is 0 Å². The van der Waals surface area contributed by atoms with E-state index >= 15 is 0 Å². The molecular weight excluding hydrogens is 160 g/mol. The van der Waals surface area contributed by atoms with Crippen LogP contribution in [0.25, 0.3) is 0 Å². The predicted molar refractivity (Wildman–Crippen MR) is 57.9 cm³/mol. The Morgan fingerprint density at radius 3 is 2.46 bits per heavy atom. The lowest BCUT2D eigenvalue weighted by molar-refractivity contribution is 0.486. The average Bonchev–Trinajstić information content (AvgIpc) is 2.71. The Morgan fingerprint density at radius 2 is 1.85 bits per heavy atom. The number of aromatic nitrogens is 2. The van der Waals surface area contributed by atoms with Crippen molar-refractivity contribution in [1.82, 2.24) is 9.78 Å². The molecule has 0 aromatic carbocycles. The van der Waals surface area contributed by atoms with Gasteiger partial charge >= 0.3 is 0 Å². The zero-order valence-corrected chi connectivity index (χ0v) is 9.38. The van der Waals surface area contributed by atoms with Gasteiger partial charge in [0.15, 0.2) is 0 Å². The first-order valence-electron chi connectivity index (χ1n) is 5.47. The molecule has 0 fully saturated rings. The number of aryl methyl sites for hydroxylation is 2. The van der Waals surface area contributed by atoms with Gasteiger partial charge in [0.2, 0.25) is 0 Å². The predicted octanol–water partition coefficient (Wildman–Crippen LogP) is 3.27. The summed E-state index contributed by atoms with van der Waals surface area (Å²) in [6, 6.07) is 2.11. The van der Waals surface area contributed by atoms with Crippen LogP contribution in [0.2, 0.25) is 0 Å². The van der Waals surface area contributed by atoms with Crippen LogP contribution in [-0.2, 0) is 13.0 Å². The Hall–Kier alpha value is -0.790. The SMILES string of the molecule is CC.CC.c1cc2n(n1)CCCC2. The first-order valence-corrected chi connectivity index (χ1v) is 5.47. The van der Waals surface area contributed by atoms with Crippen LogP contribution in [0.5, 0.6) is 0 Å². The monoisotopic (exact) mass is 182 g/mol. The van der Waals surface area contributed by atoms with E-state index in [4.69, 9.17) is 0 Å². The quantitative estimate of drug-likeness (QED) is 0.602. The summed E-state index contributed by atoms with van der Waals surface area (Å²) in [6.07, 6.45) is 5.75. The molecule has 0 radical (unpaired) electrons. The van der Waals surface area contributed by atoms with Gasteiger partial charge in [-0.3, -0.25) is 4.68 Å². The van der Waals surface area contributed by atoms with Gasteiger partial charge < -0.3 is 0 Å². The van der Waals surface area contributed by atoms with Gasteiger partial charge in [0.25, 0.3) is 0 Å². The molecule has 0 bridgehead atoms. The van der Waals surface area contributed by atoms with Crippen molar-refractivity contribution in [1.29, 1.82) is 0 Å². The van der Waals surface area contributed by atoms with Crippen LogP contribution in [0.1, 0.15) is 46.2 Å². The third-order valence-corrected chi connectivity index (χ3v) is 1.86. The molecule has 2 heterocycles. The molecule has 0 saturated heterocycles. The molecule has 13 heavy (non-hydrogen) atoms. The van der Waals surface area contributed by atoms with E-state index in [1.807, 2.05) is 33.9 Å².